The lowest BCUT2D eigenvalue weighted by Gasteiger charge is -2.33. The van der Waals surface area contributed by atoms with Gasteiger partial charge in [-0.25, -0.2) is 18.4 Å². The Morgan fingerprint density at radius 2 is 2.11 bits per heavy atom. The molecule has 2 N–H and O–H groups in total. The normalized spacial score (nSPS) is 24.2. The Bertz CT molecular complexity index is 527. The van der Waals surface area contributed by atoms with Crippen LogP contribution in [0.1, 0.15) is 19.4 Å². The number of anilines is 1. The Hall–Kier alpha value is -1.21. The molecule has 2 heterocycles. The highest BCUT2D eigenvalue weighted by molar-refractivity contribution is 7.91. The second-order valence-corrected chi connectivity index (χ2v) is 7.46. The van der Waals surface area contributed by atoms with E-state index in [4.69, 9.17) is 5.73 Å². The van der Waals surface area contributed by atoms with Gasteiger partial charge in [0.25, 0.3) is 0 Å². The van der Waals surface area contributed by atoms with E-state index in [0.717, 1.165) is 12.0 Å². The molecule has 0 aromatic carbocycles. The summed E-state index contributed by atoms with van der Waals surface area (Å²) >= 11 is 0. The first kappa shape index (κ1) is 14.2. The van der Waals surface area contributed by atoms with Crippen LogP contribution in [0.4, 0.5) is 5.95 Å². The van der Waals surface area contributed by atoms with Crippen LogP contribution in [0.15, 0.2) is 12.4 Å². The van der Waals surface area contributed by atoms with Crippen LogP contribution in [-0.4, -0.2) is 48.5 Å². The van der Waals surface area contributed by atoms with Gasteiger partial charge in [-0.2, -0.15) is 0 Å². The lowest BCUT2D eigenvalue weighted by Crippen LogP contribution is -2.47. The zero-order valence-corrected chi connectivity index (χ0v) is 12.1. The van der Waals surface area contributed by atoms with Crippen LogP contribution in [-0.2, 0) is 16.3 Å². The second-order valence-electron chi connectivity index (χ2n) is 5.23. The van der Waals surface area contributed by atoms with Crippen LogP contribution in [0.25, 0.3) is 0 Å². The van der Waals surface area contributed by atoms with Crippen molar-refractivity contribution in [3.05, 3.63) is 18.0 Å². The molecule has 1 fully saturated rings. The maximum atomic E-state index is 11.5. The van der Waals surface area contributed by atoms with Crippen molar-refractivity contribution in [2.24, 2.45) is 5.73 Å². The summed E-state index contributed by atoms with van der Waals surface area (Å²) in [5, 5.41) is 0. The molecule has 0 amide bonds. The van der Waals surface area contributed by atoms with Gasteiger partial charge in [-0.3, -0.25) is 0 Å². The molecule has 1 aromatic heterocycles. The Morgan fingerprint density at radius 1 is 1.47 bits per heavy atom. The molecule has 7 heteroatoms. The zero-order chi connectivity index (χ0) is 14.0. The number of nitrogens with two attached hydrogens (primary N) is 1. The van der Waals surface area contributed by atoms with E-state index in [1.54, 1.807) is 12.4 Å². The molecule has 0 aliphatic carbocycles. The molecule has 106 valence electrons. The van der Waals surface area contributed by atoms with E-state index in [2.05, 4.69) is 9.97 Å². The Labute approximate surface area is 114 Å². The summed E-state index contributed by atoms with van der Waals surface area (Å²) in [5.41, 5.74) is 6.72. The minimum atomic E-state index is -2.91. The van der Waals surface area contributed by atoms with Gasteiger partial charge >= 0.3 is 0 Å². The van der Waals surface area contributed by atoms with Gasteiger partial charge < -0.3 is 10.6 Å². The first-order valence-corrected chi connectivity index (χ1v) is 8.23. The van der Waals surface area contributed by atoms with Crippen LogP contribution in [0.5, 0.6) is 0 Å². The molecule has 1 aliphatic rings. The molecule has 1 aromatic rings. The van der Waals surface area contributed by atoms with Gasteiger partial charge in [-0.05, 0) is 25.8 Å². The molecule has 19 heavy (non-hydrogen) atoms. The molecule has 1 saturated heterocycles. The number of nitrogens with zero attached hydrogens (tertiary/aromatic N) is 3. The average molecular weight is 284 g/mol. The molecule has 0 saturated carbocycles. The van der Waals surface area contributed by atoms with E-state index >= 15 is 0 Å². The summed E-state index contributed by atoms with van der Waals surface area (Å²) in [6, 6.07) is -0.00784. The van der Waals surface area contributed by atoms with E-state index in [9.17, 15) is 8.42 Å². The van der Waals surface area contributed by atoms with Gasteiger partial charge in [0.05, 0.1) is 11.5 Å². The standard InChI is InChI=1S/C12H20N4O2S/c1-9(13)5-11-6-14-12(15-7-11)16-3-4-19(17,18)8-10(16)2/h6-7,9-10H,3-5,8,13H2,1-2H3. The van der Waals surface area contributed by atoms with Gasteiger partial charge in [0.15, 0.2) is 9.84 Å². The first-order valence-electron chi connectivity index (χ1n) is 6.41. The largest absolute Gasteiger partial charge is 0.336 e. The fraction of sp³-hybridized carbons (Fsp3) is 0.667. The number of aromatic nitrogens is 2. The van der Waals surface area contributed by atoms with Gasteiger partial charge in [0.1, 0.15) is 0 Å². The predicted molar refractivity (Wildman–Crippen MR) is 74.8 cm³/mol. The van der Waals surface area contributed by atoms with Crippen molar-refractivity contribution in [1.82, 2.24) is 9.97 Å². The molecule has 2 unspecified atom stereocenters. The summed E-state index contributed by atoms with van der Waals surface area (Å²) < 4.78 is 23.1. The van der Waals surface area contributed by atoms with Gasteiger partial charge in [0.2, 0.25) is 5.95 Å². The van der Waals surface area contributed by atoms with Crippen LogP contribution in [0.2, 0.25) is 0 Å². The Balaban J connectivity index is 2.10. The minimum Gasteiger partial charge on any atom is -0.336 e. The van der Waals surface area contributed by atoms with Gasteiger partial charge in [-0.1, -0.05) is 0 Å². The monoisotopic (exact) mass is 284 g/mol. The van der Waals surface area contributed by atoms with Crippen molar-refractivity contribution in [2.45, 2.75) is 32.4 Å². The third-order valence-corrected chi connectivity index (χ3v) is 4.97. The summed E-state index contributed by atoms with van der Waals surface area (Å²) in [5.74, 6) is 0.927. The summed E-state index contributed by atoms with van der Waals surface area (Å²) in [7, 11) is -2.91. The van der Waals surface area contributed by atoms with Crippen molar-refractivity contribution in [3.8, 4) is 0 Å². The van der Waals surface area contributed by atoms with Crippen molar-refractivity contribution in [3.63, 3.8) is 0 Å². The summed E-state index contributed by atoms with van der Waals surface area (Å²) in [6.45, 7) is 4.28. The zero-order valence-electron chi connectivity index (χ0n) is 11.3. The van der Waals surface area contributed by atoms with Crippen molar-refractivity contribution >= 4 is 15.8 Å². The molecule has 0 bridgehead atoms. The first-order chi connectivity index (χ1) is 8.87. The Kier molecular flexibility index (Phi) is 4.05. The van der Waals surface area contributed by atoms with Gasteiger partial charge in [-0.15, -0.1) is 0 Å². The maximum absolute atomic E-state index is 11.5. The van der Waals surface area contributed by atoms with Crippen LogP contribution >= 0.6 is 0 Å². The van der Waals surface area contributed by atoms with Crippen LogP contribution < -0.4 is 10.6 Å². The molecule has 2 rings (SSSR count). The fourth-order valence-corrected chi connectivity index (χ4v) is 3.83. The number of sulfone groups is 1. The van der Waals surface area contributed by atoms with E-state index in [-0.39, 0.29) is 23.6 Å². The Morgan fingerprint density at radius 3 is 2.63 bits per heavy atom. The van der Waals surface area contributed by atoms with E-state index in [1.165, 1.54) is 0 Å². The predicted octanol–water partition coefficient (Wildman–Crippen LogP) is -0.0104. The SMILES string of the molecule is CC(N)Cc1cnc(N2CCS(=O)(=O)CC2C)nc1. The number of hydrogen-bond acceptors (Lipinski definition) is 6. The van der Waals surface area contributed by atoms with E-state index in [0.29, 0.717) is 12.5 Å². The van der Waals surface area contributed by atoms with Crippen molar-refractivity contribution in [2.75, 3.05) is 23.0 Å². The van der Waals surface area contributed by atoms with Gasteiger partial charge in [0, 0.05) is 31.0 Å². The third kappa shape index (κ3) is 3.63. The number of hydrogen-bond donors (Lipinski definition) is 1. The summed E-state index contributed by atoms with van der Waals surface area (Å²) in [6.07, 6.45) is 4.27. The van der Waals surface area contributed by atoms with E-state index in [1.807, 2.05) is 18.7 Å². The van der Waals surface area contributed by atoms with Crippen molar-refractivity contribution < 1.29 is 8.42 Å². The fourth-order valence-electron chi connectivity index (χ4n) is 2.27. The lowest BCUT2D eigenvalue weighted by molar-refractivity contribution is 0.564. The third-order valence-electron chi connectivity index (χ3n) is 3.18. The molecule has 0 radical (unpaired) electrons. The average Bonchev–Trinajstić information content (AvgIpc) is 2.29. The highest BCUT2D eigenvalue weighted by Crippen LogP contribution is 2.17. The van der Waals surface area contributed by atoms with Crippen LogP contribution in [0.3, 0.4) is 0 Å². The highest BCUT2D eigenvalue weighted by atomic mass is 32.2. The molecule has 6 nitrogen and oxygen atoms in total. The number of rotatable bonds is 3. The lowest BCUT2D eigenvalue weighted by atomic mass is 10.1. The van der Waals surface area contributed by atoms with Crippen LogP contribution in [0, 0.1) is 0 Å². The molecular formula is C12H20N4O2S. The smallest absolute Gasteiger partial charge is 0.225 e. The molecule has 2 atom stereocenters. The quantitative estimate of drug-likeness (QED) is 0.839. The van der Waals surface area contributed by atoms with E-state index < -0.39 is 9.84 Å². The highest BCUT2D eigenvalue weighted by Gasteiger charge is 2.29. The maximum Gasteiger partial charge on any atom is 0.225 e. The topological polar surface area (TPSA) is 89.2 Å². The minimum absolute atomic E-state index is 0.0773. The molecule has 0 spiro atoms. The summed E-state index contributed by atoms with van der Waals surface area (Å²) in [4.78, 5) is 10.6. The molecule has 1 aliphatic heterocycles. The van der Waals surface area contributed by atoms with Crippen molar-refractivity contribution in [1.29, 1.82) is 0 Å². The second kappa shape index (κ2) is 5.42. The molecular weight excluding hydrogens is 264 g/mol.